The number of nitrogens with one attached hydrogen (secondary N) is 1. The Balaban J connectivity index is 2.72. The summed E-state index contributed by atoms with van der Waals surface area (Å²) in [5.74, 6) is -0.0585. The van der Waals surface area contributed by atoms with Crippen LogP contribution in [-0.4, -0.2) is 10.2 Å². The van der Waals surface area contributed by atoms with Gasteiger partial charge < -0.3 is 5.32 Å². The molecule has 0 aromatic heterocycles. The predicted molar refractivity (Wildman–Crippen MR) is 46.7 cm³/mol. The number of hydrogen-bond acceptors (Lipinski definition) is 3. The molecule has 0 unspecified atom stereocenters. The first kappa shape index (κ1) is 7.75. The first-order valence-corrected chi connectivity index (χ1v) is 4.20. The highest BCUT2D eigenvalue weighted by molar-refractivity contribution is 8.26. The van der Waals surface area contributed by atoms with Gasteiger partial charge in [0.15, 0.2) is 0 Å². The molecule has 54 valence electrons. The van der Waals surface area contributed by atoms with E-state index < -0.39 is 0 Å². The van der Waals surface area contributed by atoms with E-state index in [0.717, 1.165) is 11.3 Å². The zero-order valence-electron chi connectivity index (χ0n) is 5.51. The van der Waals surface area contributed by atoms with Gasteiger partial charge in [-0.3, -0.25) is 4.79 Å². The Kier molecular flexibility index (Phi) is 2.45. The molecule has 0 aliphatic carbocycles. The van der Waals surface area contributed by atoms with Gasteiger partial charge in [-0.05, 0) is 6.42 Å². The van der Waals surface area contributed by atoms with E-state index in [4.69, 9.17) is 12.2 Å². The molecule has 1 heterocycles. The lowest BCUT2D eigenvalue weighted by atomic mass is 10.4. The van der Waals surface area contributed by atoms with Crippen molar-refractivity contribution in [1.29, 1.82) is 0 Å². The van der Waals surface area contributed by atoms with Gasteiger partial charge in [-0.1, -0.05) is 37.0 Å². The minimum Gasteiger partial charge on any atom is -0.307 e. The Labute approximate surface area is 69.1 Å². The Hall–Kier alpha value is -0.350. The van der Waals surface area contributed by atoms with Gasteiger partial charge in [-0.25, -0.2) is 0 Å². The van der Waals surface area contributed by atoms with Crippen molar-refractivity contribution in [3.8, 4) is 0 Å². The van der Waals surface area contributed by atoms with Crippen molar-refractivity contribution in [2.24, 2.45) is 0 Å². The van der Waals surface area contributed by atoms with Crippen molar-refractivity contribution in [3.63, 3.8) is 0 Å². The lowest BCUT2D eigenvalue weighted by Gasteiger charge is -1.85. The van der Waals surface area contributed by atoms with Gasteiger partial charge in [-0.15, -0.1) is 0 Å². The van der Waals surface area contributed by atoms with E-state index in [9.17, 15) is 4.79 Å². The van der Waals surface area contributed by atoms with E-state index in [1.807, 2.05) is 13.0 Å². The maximum Gasteiger partial charge on any atom is 0.263 e. The average Bonchev–Trinajstić information content (AvgIpc) is 2.13. The van der Waals surface area contributed by atoms with Crippen LogP contribution in [0.15, 0.2) is 11.0 Å². The third kappa shape index (κ3) is 1.58. The fraction of sp³-hybridized carbons (Fsp3) is 0.333. The molecule has 1 amide bonds. The van der Waals surface area contributed by atoms with Crippen LogP contribution in [0, 0.1) is 0 Å². The minimum atomic E-state index is -0.0585. The number of thiocarbonyl (C=S) groups is 1. The molecule has 10 heavy (non-hydrogen) atoms. The van der Waals surface area contributed by atoms with Crippen LogP contribution in [0.2, 0.25) is 0 Å². The number of thioether (sulfide) groups is 1. The van der Waals surface area contributed by atoms with Crippen molar-refractivity contribution in [3.05, 3.63) is 11.0 Å². The van der Waals surface area contributed by atoms with Crippen LogP contribution in [0.4, 0.5) is 0 Å². The van der Waals surface area contributed by atoms with Crippen molar-refractivity contribution in [1.82, 2.24) is 5.32 Å². The molecule has 1 aliphatic rings. The number of carbonyl (C=O) groups excluding carboxylic acids is 1. The zero-order chi connectivity index (χ0) is 7.56. The van der Waals surface area contributed by atoms with Gasteiger partial charge in [0, 0.05) is 0 Å². The summed E-state index contributed by atoms with van der Waals surface area (Å²) >= 11 is 6.11. The molecular weight excluding hydrogens is 166 g/mol. The topological polar surface area (TPSA) is 29.1 Å². The lowest BCUT2D eigenvalue weighted by Crippen LogP contribution is -2.17. The fourth-order valence-electron chi connectivity index (χ4n) is 0.646. The van der Waals surface area contributed by atoms with Gasteiger partial charge in [0.05, 0.1) is 4.91 Å². The first-order valence-electron chi connectivity index (χ1n) is 2.97. The van der Waals surface area contributed by atoms with Gasteiger partial charge in [0.25, 0.3) is 5.91 Å². The maximum atomic E-state index is 10.9. The standard InChI is InChI=1S/C6H7NOS2/c1-2-3-4-5(8)7-6(9)10-4/h3H,2H2,1H3,(H,7,8,9)/b4-3-. The van der Waals surface area contributed by atoms with E-state index in [-0.39, 0.29) is 5.91 Å². The molecule has 0 bridgehead atoms. The Bertz CT molecular complexity index is 210. The second kappa shape index (κ2) is 3.16. The molecule has 0 spiro atoms. The molecule has 0 radical (unpaired) electrons. The van der Waals surface area contributed by atoms with Gasteiger partial charge >= 0.3 is 0 Å². The highest BCUT2D eigenvalue weighted by Gasteiger charge is 2.20. The predicted octanol–water partition coefficient (Wildman–Crippen LogP) is 1.43. The molecule has 0 saturated carbocycles. The normalized spacial score (nSPS) is 21.9. The van der Waals surface area contributed by atoms with Crippen molar-refractivity contribution in [2.45, 2.75) is 13.3 Å². The molecule has 1 rings (SSSR count). The van der Waals surface area contributed by atoms with Crippen molar-refractivity contribution < 1.29 is 4.79 Å². The second-order valence-corrected chi connectivity index (χ2v) is 3.54. The van der Waals surface area contributed by atoms with Crippen molar-refractivity contribution in [2.75, 3.05) is 0 Å². The number of amides is 1. The molecule has 1 saturated heterocycles. The van der Waals surface area contributed by atoms with E-state index in [0.29, 0.717) is 4.32 Å². The van der Waals surface area contributed by atoms with Crippen molar-refractivity contribution >= 4 is 34.2 Å². The maximum absolute atomic E-state index is 10.9. The highest BCUT2D eigenvalue weighted by atomic mass is 32.2. The summed E-state index contributed by atoms with van der Waals surface area (Å²) in [5.41, 5.74) is 0. The molecule has 1 aliphatic heterocycles. The third-order valence-corrected chi connectivity index (χ3v) is 2.24. The average molecular weight is 173 g/mol. The van der Waals surface area contributed by atoms with Gasteiger partial charge in [0.2, 0.25) is 0 Å². The van der Waals surface area contributed by atoms with Crippen LogP contribution in [0.25, 0.3) is 0 Å². The first-order chi connectivity index (χ1) is 4.74. The summed E-state index contributed by atoms with van der Waals surface area (Å²) in [4.78, 5) is 11.6. The van der Waals surface area contributed by atoms with E-state index in [1.165, 1.54) is 11.8 Å². The summed E-state index contributed by atoms with van der Waals surface area (Å²) in [6.07, 6.45) is 2.75. The second-order valence-electron chi connectivity index (χ2n) is 1.82. The molecular formula is C6H7NOS2. The number of carbonyl (C=O) groups is 1. The molecule has 1 N–H and O–H groups in total. The van der Waals surface area contributed by atoms with Crippen LogP contribution in [0.1, 0.15) is 13.3 Å². The van der Waals surface area contributed by atoms with Gasteiger partial charge in [0.1, 0.15) is 4.32 Å². The van der Waals surface area contributed by atoms with Crippen LogP contribution in [-0.2, 0) is 4.79 Å². The summed E-state index contributed by atoms with van der Waals surface area (Å²) in [6.45, 7) is 1.99. The minimum absolute atomic E-state index is 0.0585. The van der Waals surface area contributed by atoms with Crippen LogP contribution >= 0.6 is 24.0 Å². The smallest absolute Gasteiger partial charge is 0.263 e. The van der Waals surface area contributed by atoms with E-state index in [1.54, 1.807) is 0 Å². The Morgan fingerprint density at radius 2 is 2.50 bits per heavy atom. The molecule has 0 aromatic carbocycles. The Morgan fingerprint density at radius 3 is 2.90 bits per heavy atom. The van der Waals surface area contributed by atoms with Crippen LogP contribution in [0.5, 0.6) is 0 Å². The SMILES string of the molecule is CC/C=C1\SC(=S)NC1=O. The number of rotatable bonds is 1. The summed E-state index contributed by atoms with van der Waals surface area (Å²) in [6, 6.07) is 0. The third-order valence-electron chi connectivity index (χ3n) is 1.03. The summed E-state index contributed by atoms with van der Waals surface area (Å²) in [5, 5.41) is 2.54. The monoisotopic (exact) mass is 173 g/mol. The lowest BCUT2D eigenvalue weighted by molar-refractivity contribution is -0.115. The summed E-state index contributed by atoms with van der Waals surface area (Å²) < 4.78 is 0.560. The molecule has 1 fully saturated rings. The molecule has 0 atom stereocenters. The number of hydrogen-bond donors (Lipinski definition) is 1. The van der Waals surface area contributed by atoms with Crippen LogP contribution < -0.4 is 5.32 Å². The number of allylic oxidation sites excluding steroid dienone is 1. The fourth-order valence-corrected chi connectivity index (χ4v) is 1.75. The largest absolute Gasteiger partial charge is 0.307 e. The summed E-state index contributed by atoms with van der Waals surface area (Å²) in [7, 11) is 0. The highest BCUT2D eigenvalue weighted by Crippen LogP contribution is 2.23. The van der Waals surface area contributed by atoms with Gasteiger partial charge in [-0.2, -0.15) is 0 Å². The molecule has 2 nitrogen and oxygen atoms in total. The van der Waals surface area contributed by atoms with E-state index in [2.05, 4.69) is 5.32 Å². The quantitative estimate of drug-likeness (QED) is 0.480. The molecule has 4 heteroatoms. The van der Waals surface area contributed by atoms with Crippen LogP contribution in [0.3, 0.4) is 0 Å². The zero-order valence-corrected chi connectivity index (χ0v) is 7.14. The Morgan fingerprint density at radius 1 is 1.80 bits per heavy atom. The van der Waals surface area contributed by atoms with E-state index >= 15 is 0 Å². The molecule has 0 aromatic rings.